The fraction of sp³-hybridized carbons (Fsp3) is 1.00. The minimum absolute atomic E-state index is 0.262. The van der Waals surface area contributed by atoms with E-state index in [0.717, 1.165) is 39.0 Å². The monoisotopic (exact) mass is 242 g/mol. The molecule has 1 saturated carbocycles. The Morgan fingerprint density at radius 1 is 1.29 bits per heavy atom. The van der Waals surface area contributed by atoms with E-state index in [9.17, 15) is 5.11 Å². The molecule has 1 atom stereocenters. The number of hydrogen-bond donors (Lipinski definition) is 2. The molecule has 0 radical (unpaired) electrons. The Bertz CT molecular complexity index is 215. The first-order chi connectivity index (χ1) is 8.29. The molecule has 0 aromatic rings. The first-order valence-electron chi connectivity index (χ1n) is 6.94. The van der Waals surface area contributed by atoms with Crippen LogP contribution in [-0.2, 0) is 4.74 Å². The SMILES string of the molecule is CN(CCC(CO)NC1CC1)C1CCOCC1. The number of rotatable bonds is 7. The summed E-state index contributed by atoms with van der Waals surface area (Å²) in [5.41, 5.74) is 0. The van der Waals surface area contributed by atoms with Crippen LogP contribution in [0.4, 0.5) is 0 Å². The third-order valence-electron chi connectivity index (χ3n) is 3.91. The molecule has 0 bridgehead atoms. The third kappa shape index (κ3) is 4.54. The molecule has 0 spiro atoms. The van der Waals surface area contributed by atoms with Gasteiger partial charge in [-0.15, -0.1) is 0 Å². The van der Waals surface area contributed by atoms with Crippen LogP contribution in [0.3, 0.4) is 0 Å². The molecule has 1 heterocycles. The number of aliphatic hydroxyl groups is 1. The maximum atomic E-state index is 9.32. The van der Waals surface area contributed by atoms with Crippen molar-refractivity contribution in [1.29, 1.82) is 0 Å². The second-order valence-corrected chi connectivity index (χ2v) is 5.43. The van der Waals surface area contributed by atoms with Gasteiger partial charge >= 0.3 is 0 Å². The van der Waals surface area contributed by atoms with Crippen LogP contribution in [0.25, 0.3) is 0 Å². The van der Waals surface area contributed by atoms with E-state index in [-0.39, 0.29) is 12.6 Å². The highest BCUT2D eigenvalue weighted by Gasteiger charge is 2.25. The average Bonchev–Trinajstić information content (AvgIpc) is 3.19. The maximum Gasteiger partial charge on any atom is 0.0585 e. The van der Waals surface area contributed by atoms with Crippen LogP contribution < -0.4 is 5.32 Å². The molecular formula is C13H26N2O2. The molecule has 0 aromatic heterocycles. The molecule has 4 heteroatoms. The molecule has 17 heavy (non-hydrogen) atoms. The molecule has 2 N–H and O–H groups in total. The summed E-state index contributed by atoms with van der Waals surface area (Å²) < 4.78 is 5.38. The second-order valence-electron chi connectivity index (χ2n) is 5.43. The standard InChI is InChI=1S/C13H26N2O2/c1-15(13-5-8-17-9-6-13)7-4-12(10-16)14-11-2-3-11/h11-14,16H,2-10H2,1H3. The smallest absolute Gasteiger partial charge is 0.0585 e. The van der Waals surface area contributed by atoms with Crippen molar-refractivity contribution in [2.75, 3.05) is 33.4 Å². The zero-order valence-electron chi connectivity index (χ0n) is 10.9. The van der Waals surface area contributed by atoms with Gasteiger partial charge in [-0.3, -0.25) is 0 Å². The van der Waals surface area contributed by atoms with Gasteiger partial charge in [0, 0.05) is 31.3 Å². The number of ether oxygens (including phenoxy) is 1. The summed E-state index contributed by atoms with van der Waals surface area (Å²) >= 11 is 0. The molecule has 1 saturated heterocycles. The van der Waals surface area contributed by atoms with Crippen LogP contribution in [-0.4, -0.2) is 61.5 Å². The Morgan fingerprint density at radius 2 is 2.00 bits per heavy atom. The van der Waals surface area contributed by atoms with Gasteiger partial charge in [0.25, 0.3) is 0 Å². The van der Waals surface area contributed by atoms with E-state index in [1.165, 1.54) is 12.8 Å². The lowest BCUT2D eigenvalue weighted by Gasteiger charge is -2.32. The predicted octanol–water partition coefficient (Wildman–Crippen LogP) is 0.600. The number of hydrogen-bond acceptors (Lipinski definition) is 4. The zero-order valence-corrected chi connectivity index (χ0v) is 10.9. The molecular weight excluding hydrogens is 216 g/mol. The Balaban J connectivity index is 1.64. The Labute approximate surface area is 104 Å². The number of nitrogens with zero attached hydrogens (tertiary/aromatic N) is 1. The highest BCUT2D eigenvalue weighted by Crippen LogP contribution is 2.20. The van der Waals surface area contributed by atoms with Gasteiger partial charge in [-0.1, -0.05) is 0 Å². The summed E-state index contributed by atoms with van der Waals surface area (Å²) in [4.78, 5) is 2.43. The highest BCUT2D eigenvalue weighted by atomic mass is 16.5. The first kappa shape index (κ1) is 13.3. The van der Waals surface area contributed by atoms with Crippen molar-refractivity contribution in [3.63, 3.8) is 0 Å². The third-order valence-corrected chi connectivity index (χ3v) is 3.91. The van der Waals surface area contributed by atoms with Crippen molar-refractivity contribution < 1.29 is 9.84 Å². The van der Waals surface area contributed by atoms with E-state index in [1.807, 2.05) is 0 Å². The van der Waals surface area contributed by atoms with Crippen molar-refractivity contribution in [2.45, 2.75) is 50.2 Å². The van der Waals surface area contributed by atoms with Gasteiger partial charge in [-0.25, -0.2) is 0 Å². The molecule has 2 fully saturated rings. The van der Waals surface area contributed by atoms with Crippen molar-refractivity contribution in [3.05, 3.63) is 0 Å². The van der Waals surface area contributed by atoms with Crippen LogP contribution in [0.1, 0.15) is 32.1 Å². The van der Waals surface area contributed by atoms with Crippen LogP contribution in [0.15, 0.2) is 0 Å². The highest BCUT2D eigenvalue weighted by molar-refractivity contribution is 4.85. The van der Waals surface area contributed by atoms with Crippen LogP contribution >= 0.6 is 0 Å². The molecule has 0 amide bonds. The van der Waals surface area contributed by atoms with Crippen molar-refractivity contribution in [3.8, 4) is 0 Å². The van der Waals surface area contributed by atoms with Crippen LogP contribution in [0.5, 0.6) is 0 Å². The Kier molecular flexibility index (Phi) is 5.22. The van der Waals surface area contributed by atoms with Gasteiger partial charge in [-0.2, -0.15) is 0 Å². The van der Waals surface area contributed by atoms with Gasteiger partial charge < -0.3 is 20.1 Å². The quantitative estimate of drug-likeness (QED) is 0.686. The normalized spacial score (nSPS) is 24.2. The van der Waals surface area contributed by atoms with E-state index < -0.39 is 0 Å². The largest absolute Gasteiger partial charge is 0.395 e. The zero-order chi connectivity index (χ0) is 12.1. The topological polar surface area (TPSA) is 44.7 Å². The fourth-order valence-corrected chi connectivity index (χ4v) is 2.48. The molecule has 0 aromatic carbocycles. The second kappa shape index (κ2) is 6.69. The van der Waals surface area contributed by atoms with Gasteiger partial charge in [-0.05, 0) is 45.7 Å². The number of aliphatic hydroxyl groups excluding tert-OH is 1. The molecule has 100 valence electrons. The maximum absolute atomic E-state index is 9.32. The van der Waals surface area contributed by atoms with Crippen LogP contribution in [0.2, 0.25) is 0 Å². The van der Waals surface area contributed by atoms with Gasteiger partial charge in [0.05, 0.1) is 6.61 Å². The van der Waals surface area contributed by atoms with Crippen molar-refractivity contribution in [1.82, 2.24) is 10.2 Å². The van der Waals surface area contributed by atoms with Crippen molar-refractivity contribution >= 4 is 0 Å². The summed E-state index contributed by atoms with van der Waals surface area (Å²) in [5, 5.41) is 12.8. The lowest BCUT2D eigenvalue weighted by Crippen LogP contribution is -2.41. The lowest BCUT2D eigenvalue weighted by molar-refractivity contribution is 0.0412. The van der Waals surface area contributed by atoms with Crippen LogP contribution in [0, 0.1) is 0 Å². The van der Waals surface area contributed by atoms with Crippen molar-refractivity contribution in [2.24, 2.45) is 0 Å². The van der Waals surface area contributed by atoms with Gasteiger partial charge in [0.2, 0.25) is 0 Å². The Hall–Kier alpha value is -0.160. The average molecular weight is 242 g/mol. The summed E-state index contributed by atoms with van der Waals surface area (Å²) in [5.74, 6) is 0. The first-order valence-corrected chi connectivity index (χ1v) is 6.94. The van der Waals surface area contributed by atoms with E-state index in [2.05, 4.69) is 17.3 Å². The molecule has 1 aliphatic heterocycles. The van der Waals surface area contributed by atoms with E-state index in [0.29, 0.717) is 12.1 Å². The predicted molar refractivity (Wildman–Crippen MR) is 68.1 cm³/mol. The fourth-order valence-electron chi connectivity index (χ4n) is 2.48. The summed E-state index contributed by atoms with van der Waals surface area (Å²) in [7, 11) is 2.20. The van der Waals surface area contributed by atoms with E-state index in [4.69, 9.17) is 4.74 Å². The molecule has 1 aliphatic carbocycles. The lowest BCUT2D eigenvalue weighted by atomic mass is 10.1. The summed E-state index contributed by atoms with van der Waals surface area (Å²) in [6.07, 6.45) is 5.91. The minimum atomic E-state index is 0.262. The summed E-state index contributed by atoms with van der Waals surface area (Å²) in [6, 6.07) is 1.63. The number of nitrogens with one attached hydrogen (secondary N) is 1. The van der Waals surface area contributed by atoms with Gasteiger partial charge in [0.15, 0.2) is 0 Å². The van der Waals surface area contributed by atoms with E-state index in [1.54, 1.807) is 0 Å². The molecule has 2 aliphatic rings. The molecule has 2 rings (SSSR count). The summed E-state index contributed by atoms with van der Waals surface area (Å²) in [6.45, 7) is 3.13. The van der Waals surface area contributed by atoms with Gasteiger partial charge in [0.1, 0.15) is 0 Å². The van der Waals surface area contributed by atoms with E-state index >= 15 is 0 Å². The molecule has 4 nitrogen and oxygen atoms in total. The minimum Gasteiger partial charge on any atom is -0.395 e. The Morgan fingerprint density at radius 3 is 2.59 bits per heavy atom. The molecule has 1 unspecified atom stereocenters.